The first kappa shape index (κ1) is 10.2. The maximum atomic E-state index is 10.4. The quantitative estimate of drug-likeness (QED) is 0.758. The van der Waals surface area contributed by atoms with Gasteiger partial charge in [0.1, 0.15) is 0 Å². The van der Waals surface area contributed by atoms with Crippen LogP contribution in [0.2, 0.25) is 0 Å². The van der Waals surface area contributed by atoms with E-state index in [1.165, 1.54) is 0 Å². The molecule has 0 aliphatic heterocycles. The van der Waals surface area contributed by atoms with Crippen molar-refractivity contribution in [3.63, 3.8) is 0 Å². The van der Waals surface area contributed by atoms with Gasteiger partial charge in [-0.2, -0.15) is 5.26 Å². The van der Waals surface area contributed by atoms with Gasteiger partial charge in [-0.15, -0.1) is 0 Å². The SMILES string of the molecule is C[C@H]1CC[C@](O)(c2ccc(C#N)cc2)C1. The second kappa shape index (κ2) is 3.67. The highest BCUT2D eigenvalue weighted by Gasteiger charge is 2.36. The molecule has 2 heteroatoms. The molecule has 2 atom stereocenters. The summed E-state index contributed by atoms with van der Waals surface area (Å²) < 4.78 is 0. The number of rotatable bonds is 1. The topological polar surface area (TPSA) is 44.0 Å². The molecule has 1 aliphatic rings. The molecule has 0 unspecified atom stereocenters. The molecule has 1 aromatic carbocycles. The molecule has 15 heavy (non-hydrogen) atoms. The Balaban J connectivity index is 2.26. The van der Waals surface area contributed by atoms with Crippen molar-refractivity contribution in [2.24, 2.45) is 5.92 Å². The normalized spacial score (nSPS) is 30.1. The van der Waals surface area contributed by atoms with Crippen molar-refractivity contribution >= 4 is 0 Å². The van der Waals surface area contributed by atoms with Crippen LogP contribution in [0.25, 0.3) is 0 Å². The lowest BCUT2D eigenvalue weighted by atomic mass is 9.91. The highest BCUT2D eigenvalue weighted by molar-refractivity contribution is 5.34. The number of aliphatic hydroxyl groups is 1. The number of hydrogen-bond donors (Lipinski definition) is 1. The fourth-order valence-corrected chi connectivity index (χ4v) is 2.38. The van der Waals surface area contributed by atoms with Crippen molar-refractivity contribution in [2.45, 2.75) is 31.8 Å². The van der Waals surface area contributed by atoms with Gasteiger partial charge in [0.15, 0.2) is 0 Å². The average molecular weight is 201 g/mol. The third-order valence-corrected chi connectivity index (χ3v) is 3.29. The van der Waals surface area contributed by atoms with E-state index in [4.69, 9.17) is 5.26 Å². The number of nitrogens with zero attached hydrogens (tertiary/aromatic N) is 1. The number of benzene rings is 1. The zero-order chi connectivity index (χ0) is 10.9. The fraction of sp³-hybridized carbons (Fsp3) is 0.462. The minimum Gasteiger partial charge on any atom is -0.385 e. The van der Waals surface area contributed by atoms with E-state index < -0.39 is 5.60 Å². The highest BCUT2D eigenvalue weighted by Crippen LogP contribution is 2.41. The van der Waals surface area contributed by atoms with Crippen molar-refractivity contribution in [3.8, 4) is 6.07 Å². The molecular formula is C13H15NO. The summed E-state index contributed by atoms with van der Waals surface area (Å²) in [6.45, 7) is 2.17. The van der Waals surface area contributed by atoms with Crippen LogP contribution < -0.4 is 0 Å². The predicted octanol–water partition coefficient (Wildman–Crippen LogP) is 2.57. The lowest BCUT2D eigenvalue weighted by Gasteiger charge is -2.23. The molecule has 0 amide bonds. The van der Waals surface area contributed by atoms with Crippen LogP contribution in [-0.2, 0) is 5.60 Å². The molecule has 1 aromatic rings. The van der Waals surface area contributed by atoms with E-state index in [0.717, 1.165) is 24.8 Å². The van der Waals surface area contributed by atoms with Gasteiger partial charge in [0.2, 0.25) is 0 Å². The molecule has 2 rings (SSSR count). The lowest BCUT2D eigenvalue weighted by molar-refractivity contribution is 0.0408. The van der Waals surface area contributed by atoms with Crippen molar-refractivity contribution in [1.82, 2.24) is 0 Å². The lowest BCUT2D eigenvalue weighted by Crippen LogP contribution is -2.21. The molecule has 78 valence electrons. The zero-order valence-electron chi connectivity index (χ0n) is 8.90. The Kier molecular flexibility index (Phi) is 2.50. The first-order valence-electron chi connectivity index (χ1n) is 5.37. The summed E-state index contributed by atoms with van der Waals surface area (Å²) in [5, 5.41) is 19.1. The number of hydrogen-bond acceptors (Lipinski definition) is 2. The van der Waals surface area contributed by atoms with Crippen LogP contribution in [0.4, 0.5) is 0 Å². The van der Waals surface area contributed by atoms with Crippen LogP contribution in [0.1, 0.15) is 37.3 Å². The molecule has 1 aliphatic carbocycles. The van der Waals surface area contributed by atoms with Crippen molar-refractivity contribution in [3.05, 3.63) is 35.4 Å². The molecule has 1 N–H and O–H groups in total. The summed E-state index contributed by atoms with van der Waals surface area (Å²) in [4.78, 5) is 0. The van der Waals surface area contributed by atoms with Gasteiger partial charge < -0.3 is 5.11 Å². The van der Waals surface area contributed by atoms with Gasteiger partial charge in [0.05, 0.1) is 17.2 Å². The monoisotopic (exact) mass is 201 g/mol. The molecular weight excluding hydrogens is 186 g/mol. The molecule has 0 spiro atoms. The van der Waals surface area contributed by atoms with E-state index in [1.807, 2.05) is 12.1 Å². The number of nitriles is 1. The summed E-state index contributed by atoms with van der Waals surface area (Å²) in [6, 6.07) is 9.38. The van der Waals surface area contributed by atoms with E-state index in [-0.39, 0.29) is 0 Å². The highest BCUT2D eigenvalue weighted by atomic mass is 16.3. The van der Waals surface area contributed by atoms with Gasteiger partial charge in [-0.3, -0.25) is 0 Å². The third-order valence-electron chi connectivity index (χ3n) is 3.29. The Hall–Kier alpha value is -1.33. The molecule has 0 bridgehead atoms. The van der Waals surface area contributed by atoms with E-state index in [2.05, 4.69) is 13.0 Å². The molecule has 0 radical (unpaired) electrons. The second-order valence-corrected chi connectivity index (χ2v) is 4.57. The van der Waals surface area contributed by atoms with Crippen LogP contribution in [0, 0.1) is 17.2 Å². The van der Waals surface area contributed by atoms with Crippen LogP contribution >= 0.6 is 0 Å². The minimum absolute atomic E-state index is 0.589. The Morgan fingerprint density at radius 1 is 1.40 bits per heavy atom. The summed E-state index contributed by atoms with van der Waals surface area (Å²) in [6.07, 6.45) is 2.75. The van der Waals surface area contributed by atoms with Gasteiger partial charge in [0.25, 0.3) is 0 Å². The van der Waals surface area contributed by atoms with Crippen LogP contribution in [0.5, 0.6) is 0 Å². The second-order valence-electron chi connectivity index (χ2n) is 4.57. The zero-order valence-corrected chi connectivity index (χ0v) is 8.90. The van der Waals surface area contributed by atoms with E-state index in [1.54, 1.807) is 12.1 Å². The fourth-order valence-electron chi connectivity index (χ4n) is 2.38. The first-order chi connectivity index (χ1) is 7.14. The van der Waals surface area contributed by atoms with Gasteiger partial charge >= 0.3 is 0 Å². The smallest absolute Gasteiger partial charge is 0.0991 e. The first-order valence-corrected chi connectivity index (χ1v) is 5.37. The van der Waals surface area contributed by atoms with Crippen molar-refractivity contribution in [2.75, 3.05) is 0 Å². The van der Waals surface area contributed by atoms with E-state index in [0.29, 0.717) is 11.5 Å². The van der Waals surface area contributed by atoms with Gasteiger partial charge in [-0.1, -0.05) is 19.1 Å². The summed E-state index contributed by atoms with van der Waals surface area (Å²) in [5.74, 6) is 0.589. The maximum Gasteiger partial charge on any atom is 0.0991 e. The van der Waals surface area contributed by atoms with Crippen LogP contribution in [0.15, 0.2) is 24.3 Å². The maximum absolute atomic E-state index is 10.4. The van der Waals surface area contributed by atoms with Gasteiger partial charge in [0, 0.05) is 0 Å². The standard InChI is InChI=1S/C13H15NO/c1-10-6-7-13(15,8-10)12-4-2-11(9-14)3-5-12/h2-5,10,15H,6-8H2,1H3/t10-,13+/m0/s1. The Labute approximate surface area is 90.2 Å². The van der Waals surface area contributed by atoms with Gasteiger partial charge in [-0.05, 0) is 42.9 Å². The molecule has 0 aromatic heterocycles. The molecule has 1 saturated carbocycles. The minimum atomic E-state index is -0.659. The largest absolute Gasteiger partial charge is 0.385 e. The van der Waals surface area contributed by atoms with Gasteiger partial charge in [-0.25, -0.2) is 0 Å². The molecule has 1 fully saturated rings. The third kappa shape index (κ3) is 1.88. The Morgan fingerprint density at radius 3 is 2.53 bits per heavy atom. The van der Waals surface area contributed by atoms with Crippen molar-refractivity contribution < 1.29 is 5.11 Å². The predicted molar refractivity (Wildman–Crippen MR) is 58.1 cm³/mol. The Bertz CT molecular complexity index is 390. The summed E-state index contributed by atoms with van der Waals surface area (Å²) >= 11 is 0. The Morgan fingerprint density at radius 2 is 2.07 bits per heavy atom. The van der Waals surface area contributed by atoms with Crippen molar-refractivity contribution in [1.29, 1.82) is 5.26 Å². The van der Waals surface area contributed by atoms with Crippen LogP contribution in [-0.4, -0.2) is 5.11 Å². The average Bonchev–Trinajstić information content (AvgIpc) is 2.60. The summed E-state index contributed by atoms with van der Waals surface area (Å²) in [5.41, 5.74) is 0.937. The van der Waals surface area contributed by atoms with E-state index >= 15 is 0 Å². The summed E-state index contributed by atoms with van der Waals surface area (Å²) in [7, 11) is 0. The van der Waals surface area contributed by atoms with E-state index in [9.17, 15) is 5.11 Å². The molecule has 0 heterocycles. The van der Waals surface area contributed by atoms with Crippen LogP contribution in [0.3, 0.4) is 0 Å². The molecule has 2 nitrogen and oxygen atoms in total. The molecule has 0 saturated heterocycles.